The molecule has 1 aliphatic rings. The molecule has 1 aliphatic heterocycles. The van der Waals surface area contributed by atoms with Crippen LogP contribution in [0.25, 0.3) is 0 Å². The number of carbonyl (C=O) groups is 1. The number of nitrogens with one attached hydrogen (secondary N) is 2. The Balaban J connectivity index is 2.27. The Hall–Kier alpha value is -0.610. The predicted octanol–water partition coefficient (Wildman–Crippen LogP) is 0.137. The third-order valence-corrected chi connectivity index (χ3v) is 2.03. The van der Waals surface area contributed by atoms with E-state index in [0.29, 0.717) is 19.8 Å². The average Bonchev–Trinajstić information content (AvgIpc) is 2.14. The van der Waals surface area contributed by atoms with Crippen LogP contribution in [0.4, 0.5) is 0 Å². The molecule has 1 saturated heterocycles. The summed E-state index contributed by atoms with van der Waals surface area (Å²) in [7, 11) is 0. The number of hydrogen-bond acceptors (Lipinski definition) is 3. The minimum Gasteiger partial charge on any atom is -0.378 e. The van der Waals surface area contributed by atoms with Gasteiger partial charge in [-0.25, -0.2) is 0 Å². The van der Waals surface area contributed by atoms with Gasteiger partial charge in [-0.3, -0.25) is 4.79 Å². The van der Waals surface area contributed by atoms with Crippen LogP contribution in [-0.4, -0.2) is 38.3 Å². The molecule has 1 amide bonds. The van der Waals surface area contributed by atoms with Crippen molar-refractivity contribution in [3.8, 4) is 0 Å². The molecular formula is C10H20N2O2. The molecule has 0 aliphatic carbocycles. The van der Waals surface area contributed by atoms with Gasteiger partial charge in [-0.05, 0) is 5.41 Å². The summed E-state index contributed by atoms with van der Waals surface area (Å²) in [6.07, 6.45) is 0. The topological polar surface area (TPSA) is 50.4 Å². The zero-order valence-electron chi connectivity index (χ0n) is 9.22. The van der Waals surface area contributed by atoms with E-state index in [9.17, 15) is 4.79 Å². The summed E-state index contributed by atoms with van der Waals surface area (Å²) in [5.41, 5.74) is 0.130. The Bertz CT molecular complexity index is 193. The Morgan fingerprint density at radius 1 is 1.57 bits per heavy atom. The lowest BCUT2D eigenvalue weighted by molar-refractivity contribution is -0.126. The summed E-state index contributed by atoms with van der Waals surface area (Å²) in [5, 5.41) is 6.03. The van der Waals surface area contributed by atoms with Crippen molar-refractivity contribution < 1.29 is 9.53 Å². The molecule has 1 heterocycles. The average molecular weight is 200 g/mol. The summed E-state index contributed by atoms with van der Waals surface area (Å²) in [6, 6.07) is -0.175. The van der Waals surface area contributed by atoms with E-state index in [-0.39, 0.29) is 17.4 Å². The summed E-state index contributed by atoms with van der Waals surface area (Å²) in [5.74, 6) is 0.0413. The number of carbonyl (C=O) groups excluding carboxylic acids is 1. The van der Waals surface area contributed by atoms with E-state index in [4.69, 9.17) is 4.74 Å². The summed E-state index contributed by atoms with van der Waals surface area (Å²) in [4.78, 5) is 11.6. The fourth-order valence-corrected chi connectivity index (χ4v) is 1.21. The minimum absolute atomic E-state index is 0.0413. The quantitative estimate of drug-likeness (QED) is 0.666. The Morgan fingerprint density at radius 2 is 2.29 bits per heavy atom. The second-order valence-electron chi connectivity index (χ2n) is 4.86. The van der Waals surface area contributed by atoms with Crippen molar-refractivity contribution in [2.24, 2.45) is 5.41 Å². The van der Waals surface area contributed by atoms with Gasteiger partial charge >= 0.3 is 0 Å². The van der Waals surface area contributed by atoms with Crippen LogP contribution in [0.5, 0.6) is 0 Å². The first-order chi connectivity index (χ1) is 6.49. The normalized spacial score (nSPS) is 23.2. The lowest BCUT2D eigenvalue weighted by Gasteiger charge is -2.25. The molecule has 0 aromatic rings. The molecule has 1 atom stereocenters. The highest BCUT2D eigenvalue weighted by molar-refractivity contribution is 5.82. The third-order valence-electron chi connectivity index (χ3n) is 2.03. The fourth-order valence-electron chi connectivity index (χ4n) is 1.21. The van der Waals surface area contributed by atoms with Crippen LogP contribution in [0.3, 0.4) is 0 Å². The SMILES string of the molecule is CC(C)(C)CNC(=O)C1COCCN1. The highest BCUT2D eigenvalue weighted by Gasteiger charge is 2.22. The first kappa shape index (κ1) is 11.5. The van der Waals surface area contributed by atoms with Crippen LogP contribution in [0.15, 0.2) is 0 Å². The van der Waals surface area contributed by atoms with Crippen molar-refractivity contribution in [1.29, 1.82) is 0 Å². The van der Waals surface area contributed by atoms with Crippen molar-refractivity contribution in [2.45, 2.75) is 26.8 Å². The van der Waals surface area contributed by atoms with E-state index in [2.05, 4.69) is 31.4 Å². The van der Waals surface area contributed by atoms with Gasteiger partial charge in [0.15, 0.2) is 0 Å². The second kappa shape index (κ2) is 4.75. The maximum absolute atomic E-state index is 11.6. The highest BCUT2D eigenvalue weighted by Crippen LogP contribution is 2.10. The molecule has 0 aromatic carbocycles. The maximum Gasteiger partial charge on any atom is 0.239 e. The molecular weight excluding hydrogens is 180 g/mol. The molecule has 2 N–H and O–H groups in total. The van der Waals surface area contributed by atoms with Gasteiger partial charge in [-0.1, -0.05) is 20.8 Å². The second-order valence-corrected chi connectivity index (χ2v) is 4.86. The van der Waals surface area contributed by atoms with Crippen molar-refractivity contribution in [3.05, 3.63) is 0 Å². The van der Waals surface area contributed by atoms with Gasteiger partial charge in [0.1, 0.15) is 6.04 Å². The van der Waals surface area contributed by atoms with Crippen molar-refractivity contribution >= 4 is 5.91 Å². The zero-order valence-corrected chi connectivity index (χ0v) is 9.22. The van der Waals surface area contributed by atoms with Gasteiger partial charge in [0, 0.05) is 13.1 Å². The van der Waals surface area contributed by atoms with Crippen molar-refractivity contribution in [3.63, 3.8) is 0 Å². The van der Waals surface area contributed by atoms with Gasteiger partial charge < -0.3 is 15.4 Å². The Labute approximate surface area is 85.4 Å². The van der Waals surface area contributed by atoms with Crippen LogP contribution < -0.4 is 10.6 Å². The maximum atomic E-state index is 11.6. The molecule has 14 heavy (non-hydrogen) atoms. The molecule has 4 heteroatoms. The predicted molar refractivity (Wildman–Crippen MR) is 55.1 cm³/mol. The molecule has 1 rings (SSSR count). The Morgan fingerprint density at radius 3 is 2.79 bits per heavy atom. The number of rotatable bonds is 2. The van der Waals surface area contributed by atoms with E-state index >= 15 is 0 Å². The molecule has 0 bridgehead atoms. The summed E-state index contributed by atoms with van der Waals surface area (Å²) >= 11 is 0. The van der Waals surface area contributed by atoms with Gasteiger partial charge in [-0.2, -0.15) is 0 Å². The van der Waals surface area contributed by atoms with Gasteiger partial charge in [0.2, 0.25) is 5.91 Å². The van der Waals surface area contributed by atoms with Gasteiger partial charge in [0.25, 0.3) is 0 Å². The molecule has 0 saturated carbocycles. The molecule has 1 unspecified atom stereocenters. The van der Waals surface area contributed by atoms with E-state index in [0.717, 1.165) is 6.54 Å². The van der Waals surface area contributed by atoms with E-state index in [1.165, 1.54) is 0 Å². The highest BCUT2D eigenvalue weighted by atomic mass is 16.5. The van der Waals surface area contributed by atoms with Crippen LogP contribution in [0.2, 0.25) is 0 Å². The summed E-state index contributed by atoms with van der Waals surface area (Å²) in [6.45, 7) is 8.92. The standard InChI is InChI=1S/C10H20N2O2/c1-10(2,3)7-12-9(13)8-6-14-5-4-11-8/h8,11H,4-7H2,1-3H3,(H,12,13). The fraction of sp³-hybridized carbons (Fsp3) is 0.900. The zero-order chi connectivity index (χ0) is 10.6. The number of morpholine rings is 1. The lowest BCUT2D eigenvalue weighted by atomic mass is 9.97. The molecule has 4 nitrogen and oxygen atoms in total. The van der Waals surface area contributed by atoms with Crippen LogP contribution in [-0.2, 0) is 9.53 Å². The van der Waals surface area contributed by atoms with Gasteiger partial charge in [-0.15, -0.1) is 0 Å². The van der Waals surface area contributed by atoms with E-state index in [1.54, 1.807) is 0 Å². The lowest BCUT2D eigenvalue weighted by Crippen LogP contribution is -2.52. The van der Waals surface area contributed by atoms with Crippen molar-refractivity contribution in [2.75, 3.05) is 26.3 Å². The smallest absolute Gasteiger partial charge is 0.239 e. The minimum atomic E-state index is -0.175. The van der Waals surface area contributed by atoms with Crippen LogP contribution in [0, 0.1) is 5.41 Å². The van der Waals surface area contributed by atoms with Crippen LogP contribution >= 0.6 is 0 Å². The monoisotopic (exact) mass is 200 g/mol. The number of hydrogen-bond donors (Lipinski definition) is 2. The molecule has 82 valence electrons. The van der Waals surface area contributed by atoms with E-state index < -0.39 is 0 Å². The Kier molecular flexibility index (Phi) is 3.89. The molecule has 0 aromatic heterocycles. The summed E-state index contributed by atoms with van der Waals surface area (Å²) < 4.78 is 5.21. The van der Waals surface area contributed by atoms with Crippen LogP contribution in [0.1, 0.15) is 20.8 Å². The first-order valence-corrected chi connectivity index (χ1v) is 5.08. The largest absolute Gasteiger partial charge is 0.378 e. The van der Waals surface area contributed by atoms with E-state index in [1.807, 2.05) is 0 Å². The molecule has 0 spiro atoms. The number of ether oxygens (including phenoxy) is 1. The first-order valence-electron chi connectivity index (χ1n) is 5.08. The van der Waals surface area contributed by atoms with Crippen molar-refractivity contribution in [1.82, 2.24) is 10.6 Å². The molecule has 1 fully saturated rings. The van der Waals surface area contributed by atoms with Gasteiger partial charge in [0.05, 0.1) is 13.2 Å². The third kappa shape index (κ3) is 4.07. The molecule has 0 radical (unpaired) electrons. The number of amides is 1.